The van der Waals surface area contributed by atoms with Crippen molar-refractivity contribution in [1.29, 1.82) is 0 Å². The van der Waals surface area contributed by atoms with Crippen molar-refractivity contribution in [3.8, 4) is 0 Å². The standard InChI is InChI=1S/C13H11FNO/c1-2-11-7-8-12(15-11)13(16)9-3-5-10(14)6-4-9/h3-6,8,15H,2H2,1H3. The molecular formula is C13H11FNO. The third-order valence-electron chi connectivity index (χ3n) is 2.38. The number of hydrogen-bond acceptors (Lipinski definition) is 1. The Morgan fingerprint density at radius 3 is 2.62 bits per heavy atom. The van der Waals surface area contributed by atoms with Gasteiger partial charge < -0.3 is 4.98 Å². The summed E-state index contributed by atoms with van der Waals surface area (Å²) >= 11 is 0. The van der Waals surface area contributed by atoms with Crippen LogP contribution in [0.25, 0.3) is 0 Å². The van der Waals surface area contributed by atoms with Crippen molar-refractivity contribution in [1.82, 2.24) is 4.98 Å². The fourth-order valence-corrected chi connectivity index (χ4v) is 1.46. The van der Waals surface area contributed by atoms with Crippen LogP contribution >= 0.6 is 0 Å². The van der Waals surface area contributed by atoms with Crippen LogP contribution in [0.1, 0.15) is 28.7 Å². The number of H-pyrrole nitrogens is 1. The maximum Gasteiger partial charge on any atom is 0.209 e. The molecule has 2 aromatic rings. The van der Waals surface area contributed by atoms with Gasteiger partial charge in [0.15, 0.2) is 0 Å². The zero-order valence-corrected chi connectivity index (χ0v) is 8.88. The largest absolute Gasteiger partial charge is 0.355 e. The highest BCUT2D eigenvalue weighted by atomic mass is 19.1. The van der Waals surface area contributed by atoms with Gasteiger partial charge in [-0.2, -0.15) is 0 Å². The predicted octanol–water partition coefficient (Wildman–Crippen LogP) is 2.75. The maximum atomic E-state index is 12.7. The Kier molecular flexibility index (Phi) is 2.86. The second kappa shape index (κ2) is 4.31. The summed E-state index contributed by atoms with van der Waals surface area (Å²) in [5.74, 6) is -0.486. The summed E-state index contributed by atoms with van der Waals surface area (Å²) < 4.78 is 12.7. The molecule has 0 spiro atoms. The number of aromatic nitrogens is 1. The number of rotatable bonds is 3. The predicted molar refractivity (Wildman–Crippen MR) is 58.8 cm³/mol. The normalized spacial score (nSPS) is 10.4. The minimum atomic E-state index is -0.344. The summed E-state index contributed by atoms with van der Waals surface area (Å²) in [6, 6.07) is 10.1. The molecular weight excluding hydrogens is 205 g/mol. The molecule has 0 aliphatic carbocycles. The molecule has 0 amide bonds. The van der Waals surface area contributed by atoms with Crippen molar-refractivity contribution >= 4 is 5.78 Å². The SMILES string of the molecule is CCc1[c]cc(C(=O)c2ccc(F)cc2)[nH]1. The van der Waals surface area contributed by atoms with Crippen LogP contribution in [-0.2, 0) is 6.42 Å². The van der Waals surface area contributed by atoms with Crippen LogP contribution in [0.3, 0.4) is 0 Å². The van der Waals surface area contributed by atoms with Gasteiger partial charge in [0.1, 0.15) is 5.82 Å². The third-order valence-corrected chi connectivity index (χ3v) is 2.38. The number of ketones is 1. The first kappa shape index (κ1) is 10.6. The van der Waals surface area contributed by atoms with E-state index in [9.17, 15) is 9.18 Å². The van der Waals surface area contributed by atoms with Gasteiger partial charge in [0.05, 0.1) is 5.69 Å². The van der Waals surface area contributed by atoms with Crippen molar-refractivity contribution < 1.29 is 9.18 Å². The van der Waals surface area contributed by atoms with E-state index in [1.165, 1.54) is 24.3 Å². The monoisotopic (exact) mass is 216 g/mol. The van der Waals surface area contributed by atoms with Crippen molar-refractivity contribution in [2.24, 2.45) is 0 Å². The fourth-order valence-electron chi connectivity index (χ4n) is 1.46. The first-order chi connectivity index (χ1) is 7.70. The van der Waals surface area contributed by atoms with Crippen LogP contribution in [0.15, 0.2) is 30.3 Å². The summed E-state index contributed by atoms with van der Waals surface area (Å²) in [5.41, 5.74) is 1.85. The lowest BCUT2D eigenvalue weighted by Crippen LogP contribution is -2.01. The lowest BCUT2D eigenvalue weighted by Gasteiger charge is -1.98. The highest BCUT2D eigenvalue weighted by Gasteiger charge is 2.10. The number of nitrogens with one attached hydrogen (secondary N) is 1. The number of carbonyl (C=O) groups is 1. The zero-order valence-electron chi connectivity index (χ0n) is 8.88. The van der Waals surface area contributed by atoms with Gasteiger partial charge >= 0.3 is 0 Å². The summed E-state index contributed by atoms with van der Waals surface area (Å²) in [4.78, 5) is 14.9. The van der Waals surface area contributed by atoms with Gasteiger partial charge in [-0.1, -0.05) is 6.92 Å². The van der Waals surface area contributed by atoms with Crippen LogP contribution in [0.5, 0.6) is 0 Å². The molecule has 0 unspecified atom stereocenters. The Labute approximate surface area is 93.1 Å². The van der Waals surface area contributed by atoms with Gasteiger partial charge in [-0.15, -0.1) is 0 Å². The molecule has 0 aliphatic rings. The van der Waals surface area contributed by atoms with Gasteiger partial charge in [0, 0.05) is 17.3 Å². The Balaban J connectivity index is 2.28. The Hall–Kier alpha value is -1.90. The molecule has 1 heterocycles. The quantitative estimate of drug-likeness (QED) is 0.786. The molecule has 0 bridgehead atoms. The van der Waals surface area contributed by atoms with Gasteiger partial charge in [0.2, 0.25) is 5.78 Å². The lowest BCUT2D eigenvalue weighted by atomic mass is 10.1. The fraction of sp³-hybridized carbons (Fsp3) is 0.154. The highest BCUT2D eigenvalue weighted by Crippen LogP contribution is 2.10. The Bertz CT molecular complexity index is 499. The van der Waals surface area contributed by atoms with Crippen molar-refractivity contribution in [2.75, 3.05) is 0 Å². The molecule has 1 N–H and O–H groups in total. The number of aromatic amines is 1. The van der Waals surface area contributed by atoms with E-state index >= 15 is 0 Å². The first-order valence-corrected chi connectivity index (χ1v) is 5.10. The van der Waals surface area contributed by atoms with Gasteiger partial charge in [-0.05, 0) is 36.8 Å². The number of carbonyl (C=O) groups excluding carboxylic acids is 1. The molecule has 3 heteroatoms. The topological polar surface area (TPSA) is 32.9 Å². The second-order valence-corrected chi connectivity index (χ2v) is 3.50. The average Bonchev–Trinajstić information content (AvgIpc) is 2.77. The Morgan fingerprint density at radius 2 is 2.06 bits per heavy atom. The molecule has 0 aliphatic heterocycles. The molecule has 2 rings (SSSR count). The molecule has 81 valence electrons. The van der Waals surface area contributed by atoms with Gasteiger partial charge in [0.25, 0.3) is 0 Å². The summed E-state index contributed by atoms with van der Waals surface area (Å²) in [7, 11) is 0. The number of halogens is 1. The van der Waals surface area contributed by atoms with E-state index in [-0.39, 0.29) is 11.6 Å². The lowest BCUT2D eigenvalue weighted by molar-refractivity contribution is 0.103. The van der Waals surface area contributed by atoms with E-state index in [2.05, 4.69) is 11.1 Å². The maximum absolute atomic E-state index is 12.7. The molecule has 1 radical (unpaired) electrons. The number of benzene rings is 1. The van der Waals surface area contributed by atoms with Crippen LogP contribution in [-0.4, -0.2) is 10.8 Å². The molecule has 2 nitrogen and oxygen atoms in total. The van der Waals surface area contributed by atoms with E-state index in [4.69, 9.17) is 0 Å². The molecule has 16 heavy (non-hydrogen) atoms. The van der Waals surface area contributed by atoms with E-state index < -0.39 is 0 Å². The van der Waals surface area contributed by atoms with E-state index in [0.29, 0.717) is 11.3 Å². The minimum absolute atomic E-state index is 0.143. The molecule has 0 saturated carbocycles. The van der Waals surface area contributed by atoms with E-state index in [0.717, 1.165) is 12.1 Å². The Morgan fingerprint density at radius 1 is 1.38 bits per heavy atom. The van der Waals surface area contributed by atoms with Crippen molar-refractivity contribution in [3.63, 3.8) is 0 Å². The van der Waals surface area contributed by atoms with Crippen molar-refractivity contribution in [2.45, 2.75) is 13.3 Å². The van der Waals surface area contributed by atoms with Crippen LogP contribution in [0.2, 0.25) is 0 Å². The second-order valence-electron chi connectivity index (χ2n) is 3.50. The summed E-state index contributed by atoms with van der Waals surface area (Å²) in [6.45, 7) is 1.98. The van der Waals surface area contributed by atoms with Crippen LogP contribution in [0.4, 0.5) is 4.39 Å². The summed E-state index contributed by atoms with van der Waals surface area (Å²) in [5, 5.41) is 0. The molecule has 1 aromatic carbocycles. The first-order valence-electron chi connectivity index (χ1n) is 5.10. The molecule has 0 fully saturated rings. The smallest absolute Gasteiger partial charge is 0.209 e. The van der Waals surface area contributed by atoms with E-state index in [1.807, 2.05) is 6.92 Å². The van der Waals surface area contributed by atoms with Crippen LogP contribution < -0.4 is 0 Å². The van der Waals surface area contributed by atoms with Crippen LogP contribution in [0, 0.1) is 11.9 Å². The number of aryl methyl sites for hydroxylation is 1. The minimum Gasteiger partial charge on any atom is -0.355 e. The van der Waals surface area contributed by atoms with Gasteiger partial charge in [-0.3, -0.25) is 4.79 Å². The number of hydrogen-bond donors (Lipinski definition) is 1. The van der Waals surface area contributed by atoms with Crippen molar-refractivity contribution in [3.05, 3.63) is 59.2 Å². The van der Waals surface area contributed by atoms with Gasteiger partial charge in [-0.25, -0.2) is 4.39 Å². The average molecular weight is 216 g/mol. The third kappa shape index (κ3) is 2.03. The summed E-state index contributed by atoms with van der Waals surface area (Å²) in [6.07, 6.45) is 0.802. The molecule has 1 aromatic heterocycles. The van der Waals surface area contributed by atoms with E-state index in [1.54, 1.807) is 6.07 Å². The zero-order chi connectivity index (χ0) is 11.5. The molecule has 0 saturated heterocycles. The molecule has 0 atom stereocenters. The highest BCUT2D eigenvalue weighted by molar-refractivity contribution is 6.07.